The molecule has 0 bridgehead atoms. The van der Waals surface area contributed by atoms with Gasteiger partial charge in [-0.05, 0) is 23.6 Å². The molecule has 2 aromatic carbocycles. The minimum Gasteiger partial charge on any atom is -0.480 e. The number of hydrogen-bond acceptors (Lipinski definition) is 7. The number of carbonyl (C=O) groups excluding carboxylic acids is 3. The molecule has 14 heteroatoms. The van der Waals surface area contributed by atoms with E-state index in [2.05, 4.69) is 40.9 Å². The Kier molecular flexibility index (Phi) is 10.2. The SMILES string of the molecule is NC(Cc1ccccc1)C(=O)NC(Cc1cnc[nH]1)C(=O)NC(Cc1cnc[nH]1)C(=O)NC(Cc1c[nH]c2ccccc12)C(=O)O. The number of hydrogen-bond donors (Lipinski definition) is 8. The summed E-state index contributed by atoms with van der Waals surface area (Å²) in [6, 6.07) is 12.1. The van der Waals surface area contributed by atoms with Crippen LogP contribution in [-0.4, -0.2) is 77.9 Å². The van der Waals surface area contributed by atoms with Crippen molar-refractivity contribution < 1.29 is 24.3 Å². The Balaban J connectivity index is 1.32. The van der Waals surface area contributed by atoms with Crippen LogP contribution in [0.15, 0.2) is 85.8 Å². The fraction of sp³-hybridized carbons (Fsp3) is 0.250. The second kappa shape index (κ2) is 14.8. The van der Waals surface area contributed by atoms with Crippen LogP contribution in [0.5, 0.6) is 0 Å². The van der Waals surface area contributed by atoms with Crippen LogP contribution < -0.4 is 21.7 Å². The molecule has 4 atom stereocenters. The van der Waals surface area contributed by atoms with Crippen molar-refractivity contribution in [3.05, 3.63) is 108 Å². The van der Waals surface area contributed by atoms with E-state index in [4.69, 9.17) is 5.73 Å². The predicted octanol–water partition coefficient (Wildman–Crippen LogP) is 0.751. The number of amides is 3. The van der Waals surface area contributed by atoms with E-state index in [1.165, 1.54) is 25.0 Å². The number of nitrogens with zero attached hydrogens (tertiary/aromatic N) is 2. The molecule has 0 saturated heterocycles. The highest BCUT2D eigenvalue weighted by molar-refractivity contribution is 5.94. The summed E-state index contributed by atoms with van der Waals surface area (Å²) in [6.45, 7) is 0. The fourth-order valence-electron chi connectivity index (χ4n) is 5.16. The first-order chi connectivity index (χ1) is 22.3. The van der Waals surface area contributed by atoms with Gasteiger partial charge >= 0.3 is 5.97 Å². The Morgan fingerprint density at radius 1 is 0.696 bits per heavy atom. The molecule has 9 N–H and O–H groups in total. The Labute approximate surface area is 263 Å². The molecule has 4 unspecified atom stereocenters. The molecule has 3 aromatic heterocycles. The predicted molar refractivity (Wildman–Crippen MR) is 168 cm³/mol. The molecule has 0 fully saturated rings. The van der Waals surface area contributed by atoms with E-state index in [0.29, 0.717) is 17.0 Å². The number of carboxylic acids is 1. The third-order valence-electron chi connectivity index (χ3n) is 7.57. The molecule has 238 valence electrons. The van der Waals surface area contributed by atoms with Crippen LogP contribution in [0.25, 0.3) is 10.9 Å². The van der Waals surface area contributed by atoms with Gasteiger partial charge in [-0.2, -0.15) is 0 Å². The molecule has 0 saturated carbocycles. The van der Waals surface area contributed by atoms with Crippen LogP contribution in [0.3, 0.4) is 0 Å². The number of rotatable bonds is 15. The molecule has 0 aliphatic rings. The number of aromatic nitrogens is 5. The molecule has 3 amide bonds. The summed E-state index contributed by atoms with van der Waals surface area (Å²) in [5, 5.41) is 18.8. The molecule has 0 radical (unpaired) electrons. The summed E-state index contributed by atoms with van der Waals surface area (Å²) in [5.74, 6) is -3.18. The van der Waals surface area contributed by atoms with Crippen LogP contribution >= 0.6 is 0 Å². The number of para-hydroxylation sites is 1. The van der Waals surface area contributed by atoms with E-state index in [9.17, 15) is 24.3 Å². The lowest BCUT2D eigenvalue weighted by molar-refractivity contribution is -0.142. The van der Waals surface area contributed by atoms with Crippen molar-refractivity contribution in [1.82, 2.24) is 40.9 Å². The number of H-pyrrole nitrogens is 3. The molecular weight excluding hydrogens is 590 g/mol. The molecule has 46 heavy (non-hydrogen) atoms. The largest absolute Gasteiger partial charge is 0.480 e. The third-order valence-corrected chi connectivity index (χ3v) is 7.57. The molecule has 0 aliphatic heterocycles. The summed E-state index contributed by atoms with van der Waals surface area (Å²) >= 11 is 0. The van der Waals surface area contributed by atoms with E-state index in [0.717, 1.165) is 16.5 Å². The second-order valence-corrected chi connectivity index (χ2v) is 10.9. The van der Waals surface area contributed by atoms with Crippen molar-refractivity contribution in [2.24, 2.45) is 5.73 Å². The lowest BCUT2D eigenvalue weighted by atomic mass is 10.0. The zero-order chi connectivity index (χ0) is 32.5. The van der Waals surface area contributed by atoms with Crippen LogP contribution in [0.4, 0.5) is 0 Å². The zero-order valence-corrected chi connectivity index (χ0v) is 24.8. The van der Waals surface area contributed by atoms with Crippen molar-refractivity contribution in [2.45, 2.75) is 49.9 Å². The maximum Gasteiger partial charge on any atom is 0.326 e. The molecule has 5 aromatic rings. The Hall–Kier alpha value is -5.76. The van der Waals surface area contributed by atoms with Crippen LogP contribution in [0.1, 0.15) is 22.5 Å². The number of aliphatic carboxylic acids is 1. The van der Waals surface area contributed by atoms with E-state index in [1.807, 2.05) is 54.6 Å². The zero-order valence-electron chi connectivity index (χ0n) is 24.8. The summed E-state index contributed by atoms with van der Waals surface area (Å²) < 4.78 is 0. The normalized spacial score (nSPS) is 13.8. The van der Waals surface area contributed by atoms with Gasteiger partial charge in [0.15, 0.2) is 0 Å². The summed E-state index contributed by atoms with van der Waals surface area (Å²) in [4.78, 5) is 69.6. The van der Waals surface area contributed by atoms with Crippen molar-refractivity contribution in [3.63, 3.8) is 0 Å². The Morgan fingerprint density at radius 2 is 1.26 bits per heavy atom. The van der Waals surface area contributed by atoms with E-state index >= 15 is 0 Å². The number of nitrogens with two attached hydrogens (primary N) is 1. The average Bonchev–Trinajstić information content (AvgIpc) is 3.84. The Bertz CT molecular complexity index is 1750. The molecule has 14 nitrogen and oxygen atoms in total. The molecule has 0 aliphatic carbocycles. The van der Waals surface area contributed by atoms with Gasteiger partial charge in [0.2, 0.25) is 17.7 Å². The van der Waals surface area contributed by atoms with Crippen LogP contribution in [-0.2, 0) is 44.9 Å². The lowest BCUT2D eigenvalue weighted by Gasteiger charge is -2.25. The lowest BCUT2D eigenvalue weighted by Crippen LogP contribution is -2.58. The molecular formula is C32H35N9O5. The van der Waals surface area contributed by atoms with Gasteiger partial charge in [0.1, 0.15) is 18.1 Å². The highest BCUT2D eigenvalue weighted by Crippen LogP contribution is 2.19. The average molecular weight is 626 g/mol. The third kappa shape index (κ3) is 8.24. The smallest absolute Gasteiger partial charge is 0.326 e. The van der Waals surface area contributed by atoms with Crippen molar-refractivity contribution in [3.8, 4) is 0 Å². The van der Waals surface area contributed by atoms with Gasteiger partial charge in [-0.15, -0.1) is 0 Å². The highest BCUT2D eigenvalue weighted by Gasteiger charge is 2.31. The maximum atomic E-state index is 13.7. The topological polar surface area (TPSA) is 224 Å². The number of imidazole rings is 2. The first-order valence-electron chi connectivity index (χ1n) is 14.7. The number of aromatic amines is 3. The van der Waals surface area contributed by atoms with Gasteiger partial charge in [0.25, 0.3) is 0 Å². The number of benzene rings is 2. The van der Waals surface area contributed by atoms with E-state index in [1.54, 1.807) is 6.20 Å². The van der Waals surface area contributed by atoms with Crippen molar-refractivity contribution >= 4 is 34.6 Å². The van der Waals surface area contributed by atoms with Gasteiger partial charge in [-0.3, -0.25) is 14.4 Å². The van der Waals surface area contributed by atoms with E-state index < -0.39 is 47.9 Å². The maximum absolute atomic E-state index is 13.7. The van der Waals surface area contributed by atoms with Gasteiger partial charge in [0, 0.05) is 60.1 Å². The van der Waals surface area contributed by atoms with Gasteiger partial charge in [-0.1, -0.05) is 48.5 Å². The molecule has 0 spiro atoms. The monoisotopic (exact) mass is 625 g/mol. The van der Waals surface area contributed by atoms with E-state index in [-0.39, 0.29) is 25.7 Å². The highest BCUT2D eigenvalue weighted by atomic mass is 16.4. The van der Waals surface area contributed by atoms with Gasteiger partial charge in [0.05, 0.1) is 18.7 Å². The second-order valence-electron chi connectivity index (χ2n) is 10.9. The van der Waals surface area contributed by atoms with Gasteiger partial charge in [-0.25, -0.2) is 14.8 Å². The number of carboxylic acid groups (broad SMARTS) is 1. The van der Waals surface area contributed by atoms with Crippen LogP contribution in [0, 0.1) is 0 Å². The summed E-state index contributed by atoms with van der Waals surface area (Å²) in [5.41, 5.74) is 9.70. The minimum atomic E-state index is -1.29. The quantitative estimate of drug-likeness (QED) is 0.0827. The fourth-order valence-corrected chi connectivity index (χ4v) is 5.16. The Morgan fingerprint density at radius 3 is 1.85 bits per heavy atom. The number of fused-ring (bicyclic) bond motifs is 1. The minimum absolute atomic E-state index is 0.00756. The number of carbonyl (C=O) groups is 4. The van der Waals surface area contributed by atoms with Crippen molar-refractivity contribution in [2.75, 3.05) is 0 Å². The summed E-state index contributed by atoms with van der Waals surface area (Å²) in [7, 11) is 0. The molecule has 5 rings (SSSR count). The molecule has 3 heterocycles. The van der Waals surface area contributed by atoms with Gasteiger partial charge < -0.3 is 41.7 Å². The standard InChI is InChI=1S/C32H35N9O5/c33-24(10-19-6-2-1-3-7-19)29(42)39-26(12-21-15-34-17-37-21)30(43)40-27(13-22-16-35-18-38-22)31(44)41-28(32(45)46)11-20-14-36-25-9-5-4-8-23(20)25/h1-9,14-18,24,26-28,36H,10-13,33H2,(H,34,37)(H,35,38)(H,39,42)(H,40,43)(H,41,44)(H,45,46). The van der Waals surface area contributed by atoms with Crippen LogP contribution in [0.2, 0.25) is 0 Å². The summed E-state index contributed by atoms with van der Waals surface area (Å²) in [6.07, 6.45) is 7.88. The number of nitrogens with one attached hydrogen (secondary N) is 6. The van der Waals surface area contributed by atoms with Crippen molar-refractivity contribution in [1.29, 1.82) is 0 Å². The first-order valence-corrected chi connectivity index (χ1v) is 14.7. The first kappa shape index (κ1) is 31.7.